The standard InChI is InChI=1S/C22H26N4O3/c1-2-21(18-6-4-3-5-7-18)23-24-22(27)19-12-14-25(15-13-19)16-17-8-10-20(11-9-17)26(28)29/h3-11,19H,2,12-16H2,1H3,(H,24,27)/b23-21-. The summed E-state index contributed by atoms with van der Waals surface area (Å²) in [6.45, 7) is 4.39. The second-order valence-corrected chi connectivity index (χ2v) is 7.23. The molecule has 1 fully saturated rings. The highest BCUT2D eigenvalue weighted by atomic mass is 16.6. The van der Waals surface area contributed by atoms with Crippen molar-refractivity contribution in [2.24, 2.45) is 11.0 Å². The van der Waals surface area contributed by atoms with Gasteiger partial charge in [0.15, 0.2) is 0 Å². The number of hydrogen-bond acceptors (Lipinski definition) is 5. The van der Waals surface area contributed by atoms with E-state index in [2.05, 4.69) is 15.4 Å². The van der Waals surface area contributed by atoms with Gasteiger partial charge < -0.3 is 0 Å². The molecule has 2 aromatic rings. The average Bonchev–Trinajstić information content (AvgIpc) is 2.75. The van der Waals surface area contributed by atoms with Crippen LogP contribution in [0.25, 0.3) is 0 Å². The van der Waals surface area contributed by atoms with Crippen molar-refractivity contribution in [3.63, 3.8) is 0 Å². The molecule has 3 rings (SSSR count). The van der Waals surface area contributed by atoms with E-state index in [9.17, 15) is 14.9 Å². The number of nitrogens with one attached hydrogen (secondary N) is 1. The van der Waals surface area contributed by atoms with E-state index in [1.807, 2.05) is 37.3 Å². The Labute approximate surface area is 170 Å². The zero-order chi connectivity index (χ0) is 20.6. The minimum atomic E-state index is -0.391. The van der Waals surface area contributed by atoms with Gasteiger partial charge in [0.1, 0.15) is 0 Å². The summed E-state index contributed by atoms with van der Waals surface area (Å²) >= 11 is 0. The molecule has 2 aromatic carbocycles. The number of hydrogen-bond donors (Lipinski definition) is 1. The van der Waals surface area contributed by atoms with Gasteiger partial charge in [-0.15, -0.1) is 0 Å². The molecular formula is C22H26N4O3. The molecular weight excluding hydrogens is 368 g/mol. The highest BCUT2D eigenvalue weighted by Crippen LogP contribution is 2.20. The maximum Gasteiger partial charge on any atom is 0.269 e. The van der Waals surface area contributed by atoms with Crippen molar-refractivity contribution in [1.29, 1.82) is 0 Å². The summed E-state index contributed by atoms with van der Waals surface area (Å²) < 4.78 is 0. The first-order valence-electron chi connectivity index (χ1n) is 9.94. The SMILES string of the molecule is CC/C(=N/NC(=O)C1CCN(Cc2ccc([N+](=O)[O-])cc2)CC1)c1ccccc1. The van der Waals surface area contributed by atoms with E-state index in [-0.39, 0.29) is 17.5 Å². The summed E-state index contributed by atoms with van der Waals surface area (Å²) in [7, 11) is 0. The van der Waals surface area contributed by atoms with Crippen LogP contribution in [0.5, 0.6) is 0 Å². The predicted octanol–water partition coefficient (Wildman–Crippen LogP) is 3.74. The number of likely N-dealkylation sites (tertiary alicyclic amines) is 1. The number of nitro benzene ring substituents is 1. The van der Waals surface area contributed by atoms with E-state index in [4.69, 9.17) is 0 Å². The van der Waals surface area contributed by atoms with E-state index in [0.717, 1.165) is 55.7 Å². The second kappa shape index (κ2) is 9.93. The lowest BCUT2D eigenvalue weighted by atomic mass is 9.96. The topological polar surface area (TPSA) is 87.8 Å². The van der Waals surface area contributed by atoms with Crippen molar-refractivity contribution in [1.82, 2.24) is 10.3 Å². The van der Waals surface area contributed by atoms with E-state index in [1.54, 1.807) is 12.1 Å². The number of benzene rings is 2. The average molecular weight is 394 g/mol. The number of carbonyl (C=O) groups is 1. The van der Waals surface area contributed by atoms with Crippen LogP contribution in [0.1, 0.15) is 37.3 Å². The number of nitrogens with zero attached hydrogens (tertiary/aromatic N) is 3. The molecule has 0 spiro atoms. The highest BCUT2D eigenvalue weighted by Gasteiger charge is 2.25. The van der Waals surface area contributed by atoms with E-state index < -0.39 is 4.92 Å². The summed E-state index contributed by atoms with van der Waals surface area (Å²) in [5.74, 6) is -0.0670. The highest BCUT2D eigenvalue weighted by molar-refractivity contribution is 6.00. The van der Waals surface area contributed by atoms with Crippen LogP contribution in [0, 0.1) is 16.0 Å². The molecule has 1 aliphatic heterocycles. The van der Waals surface area contributed by atoms with E-state index in [0.29, 0.717) is 0 Å². The fourth-order valence-electron chi connectivity index (χ4n) is 3.53. The van der Waals surface area contributed by atoms with Crippen LogP contribution in [0.3, 0.4) is 0 Å². The van der Waals surface area contributed by atoms with E-state index >= 15 is 0 Å². The van der Waals surface area contributed by atoms with Gasteiger partial charge in [0.25, 0.3) is 5.69 Å². The molecule has 0 aromatic heterocycles. The molecule has 0 aliphatic carbocycles. The summed E-state index contributed by atoms with van der Waals surface area (Å²) in [5.41, 5.74) is 5.79. The van der Waals surface area contributed by atoms with Crippen molar-refractivity contribution in [2.45, 2.75) is 32.7 Å². The largest absolute Gasteiger partial charge is 0.299 e. The third-order valence-corrected chi connectivity index (χ3v) is 5.25. The quantitative estimate of drug-likeness (QED) is 0.440. The zero-order valence-electron chi connectivity index (χ0n) is 16.6. The molecule has 1 saturated heterocycles. The molecule has 152 valence electrons. The van der Waals surface area contributed by atoms with Crippen LogP contribution in [0.15, 0.2) is 59.7 Å². The van der Waals surface area contributed by atoms with Crippen molar-refractivity contribution >= 4 is 17.3 Å². The normalized spacial score (nSPS) is 15.8. The Balaban J connectivity index is 1.49. The van der Waals surface area contributed by atoms with E-state index in [1.165, 1.54) is 12.1 Å². The first-order valence-corrected chi connectivity index (χ1v) is 9.94. The van der Waals surface area contributed by atoms with Crippen LogP contribution in [0.4, 0.5) is 5.69 Å². The Hall–Kier alpha value is -3.06. The minimum absolute atomic E-state index is 0.0260. The fraction of sp³-hybridized carbons (Fsp3) is 0.364. The predicted molar refractivity (Wildman–Crippen MR) is 113 cm³/mol. The van der Waals surface area contributed by atoms with Crippen LogP contribution in [-0.2, 0) is 11.3 Å². The molecule has 1 N–H and O–H groups in total. The summed E-state index contributed by atoms with van der Waals surface area (Å²) in [6.07, 6.45) is 2.31. The molecule has 1 heterocycles. The third kappa shape index (κ3) is 5.71. The number of non-ortho nitro benzene ring substituents is 1. The van der Waals surface area contributed by atoms with Gasteiger partial charge >= 0.3 is 0 Å². The fourth-order valence-corrected chi connectivity index (χ4v) is 3.53. The molecule has 0 unspecified atom stereocenters. The smallest absolute Gasteiger partial charge is 0.269 e. The minimum Gasteiger partial charge on any atom is -0.299 e. The van der Waals surface area contributed by atoms with Gasteiger partial charge in [-0.3, -0.25) is 19.8 Å². The van der Waals surface area contributed by atoms with Crippen molar-refractivity contribution < 1.29 is 9.72 Å². The van der Waals surface area contributed by atoms with Crippen LogP contribution in [0.2, 0.25) is 0 Å². The van der Waals surface area contributed by atoms with Crippen LogP contribution in [-0.4, -0.2) is 34.5 Å². The number of piperidine rings is 1. The summed E-state index contributed by atoms with van der Waals surface area (Å²) in [5, 5.41) is 15.1. The third-order valence-electron chi connectivity index (χ3n) is 5.25. The molecule has 7 nitrogen and oxygen atoms in total. The first kappa shape index (κ1) is 20.7. The van der Waals surface area contributed by atoms with Gasteiger partial charge in [0.2, 0.25) is 5.91 Å². The molecule has 1 aliphatic rings. The van der Waals surface area contributed by atoms with Crippen molar-refractivity contribution in [2.75, 3.05) is 13.1 Å². The Morgan fingerprint density at radius 1 is 1.14 bits per heavy atom. The van der Waals surface area contributed by atoms with Gasteiger partial charge in [0, 0.05) is 24.6 Å². The molecule has 0 saturated carbocycles. The Morgan fingerprint density at radius 3 is 2.38 bits per heavy atom. The lowest BCUT2D eigenvalue weighted by Crippen LogP contribution is -2.39. The Kier molecular flexibility index (Phi) is 7.08. The Bertz CT molecular complexity index is 857. The number of carbonyl (C=O) groups excluding carboxylic acids is 1. The van der Waals surface area contributed by atoms with Gasteiger partial charge in [-0.05, 0) is 43.5 Å². The lowest BCUT2D eigenvalue weighted by Gasteiger charge is -2.30. The molecule has 0 bridgehead atoms. The molecule has 1 amide bonds. The second-order valence-electron chi connectivity index (χ2n) is 7.23. The lowest BCUT2D eigenvalue weighted by molar-refractivity contribution is -0.384. The summed E-state index contributed by atoms with van der Waals surface area (Å²) in [4.78, 5) is 25.1. The molecule has 0 radical (unpaired) electrons. The molecule has 7 heteroatoms. The number of amides is 1. The number of rotatable bonds is 7. The van der Waals surface area contributed by atoms with Gasteiger partial charge in [0.05, 0.1) is 10.6 Å². The Morgan fingerprint density at radius 2 is 1.79 bits per heavy atom. The van der Waals surface area contributed by atoms with Crippen molar-refractivity contribution in [3.8, 4) is 0 Å². The number of hydrazone groups is 1. The van der Waals surface area contributed by atoms with Gasteiger partial charge in [-0.25, -0.2) is 5.43 Å². The zero-order valence-corrected chi connectivity index (χ0v) is 16.6. The van der Waals surface area contributed by atoms with Crippen LogP contribution >= 0.6 is 0 Å². The van der Waals surface area contributed by atoms with Gasteiger partial charge in [-0.2, -0.15) is 5.10 Å². The maximum atomic E-state index is 12.5. The van der Waals surface area contributed by atoms with Crippen molar-refractivity contribution in [3.05, 3.63) is 75.8 Å². The number of nitro groups is 1. The molecule has 0 atom stereocenters. The maximum absolute atomic E-state index is 12.5. The van der Waals surface area contributed by atoms with Gasteiger partial charge in [-0.1, -0.05) is 49.4 Å². The monoisotopic (exact) mass is 394 g/mol. The van der Waals surface area contributed by atoms with Crippen LogP contribution < -0.4 is 5.43 Å². The molecule has 29 heavy (non-hydrogen) atoms. The first-order chi connectivity index (χ1) is 14.1. The summed E-state index contributed by atoms with van der Waals surface area (Å²) in [6, 6.07) is 16.5.